The summed E-state index contributed by atoms with van der Waals surface area (Å²) in [4.78, 5) is 7.96. The minimum Gasteiger partial charge on any atom is -0.497 e. The van der Waals surface area contributed by atoms with Crippen LogP contribution < -0.4 is 19.5 Å². The zero-order chi connectivity index (χ0) is 14.5. The fraction of sp³-hybridized carbons (Fsp3) is 0.231. The number of nitrogens with one attached hydrogen (secondary N) is 1. The molecule has 7 heteroatoms. The lowest BCUT2D eigenvalue weighted by atomic mass is 10.2. The van der Waals surface area contributed by atoms with Crippen LogP contribution in [0.5, 0.6) is 17.2 Å². The smallest absolute Gasteiger partial charge is 0.199 e. The number of methoxy groups -OCH3 is 3. The molecule has 0 saturated heterocycles. The molecule has 0 atom stereocenters. The second-order valence-corrected chi connectivity index (χ2v) is 4.13. The van der Waals surface area contributed by atoms with Crippen LogP contribution in [0.25, 0.3) is 0 Å². The molecule has 0 bridgehead atoms. The van der Waals surface area contributed by atoms with Gasteiger partial charge in [-0.3, -0.25) is 0 Å². The fourth-order valence-corrected chi connectivity index (χ4v) is 1.85. The Morgan fingerprint density at radius 3 is 2.15 bits per heavy atom. The van der Waals surface area contributed by atoms with Crippen LogP contribution in [0, 0.1) is 0 Å². The summed E-state index contributed by atoms with van der Waals surface area (Å²) in [6.45, 7) is 0. The first-order chi connectivity index (χ1) is 9.67. The zero-order valence-corrected chi connectivity index (χ0v) is 12.1. The molecule has 0 aliphatic carbocycles. The van der Waals surface area contributed by atoms with Crippen LogP contribution in [0.2, 0.25) is 5.15 Å². The van der Waals surface area contributed by atoms with Gasteiger partial charge in [-0.05, 0) is 0 Å². The highest BCUT2D eigenvalue weighted by Gasteiger charge is 2.11. The van der Waals surface area contributed by atoms with Gasteiger partial charge in [0.1, 0.15) is 17.8 Å². The maximum absolute atomic E-state index is 5.95. The minimum atomic E-state index is 0.236. The predicted octanol–water partition coefficient (Wildman–Crippen LogP) is 2.90. The van der Waals surface area contributed by atoms with E-state index in [0.29, 0.717) is 23.1 Å². The Hall–Kier alpha value is -2.21. The van der Waals surface area contributed by atoms with Crippen molar-refractivity contribution in [1.29, 1.82) is 0 Å². The standard InChI is InChI=1S/C13H14ClN3O3/c1-18-9-4-8(5-10(6-9)19-2)17-13-11(20-3)12(14)15-7-16-13/h4-7H,1-3H3,(H,15,16,17). The topological polar surface area (TPSA) is 65.5 Å². The van der Waals surface area contributed by atoms with E-state index in [-0.39, 0.29) is 5.15 Å². The molecule has 1 heterocycles. The van der Waals surface area contributed by atoms with Crippen LogP contribution in [-0.2, 0) is 0 Å². The van der Waals surface area contributed by atoms with Crippen LogP contribution in [0.15, 0.2) is 24.5 Å². The first-order valence-electron chi connectivity index (χ1n) is 5.72. The molecule has 2 aromatic rings. The molecule has 2 rings (SSSR count). The Morgan fingerprint density at radius 2 is 1.60 bits per heavy atom. The summed E-state index contributed by atoms with van der Waals surface area (Å²) >= 11 is 5.95. The molecule has 6 nitrogen and oxygen atoms in total. The van der Waals surface area contributed by atoms with Crippen molar-refractivity contribution in [2.45, 2.75) is 0 Å². The van der Waals surface area contributed by atoms with Crippen molar-refractivity contribution < 1.29 is 14.2 Å². The van der Waals surface area contributed by atoms with Gasteiger partial charge in [-0.1, -0.05) is 11.6 Å². The summed E-state index contributed by atoms with van der Waals surface area (Å²) in [6, 6.07) is 5.38. The number of benzene rings is 1. The molecule has 1 aromatic heterocycles. The third kappa shape index (κ3) is 3.03. The van der Waals surface area contributed by atoms with Crippen molar-refractivity contribution in [3.8, 4) is 17.2 Å². The summed E-state index contributed by atoms with van der Waals surface area (Å²) in [6.07, 6.45) is 1.35. The molecule has 0 radical (unpaired) electrons. The van der Waals surface area contributed by atoms with E-state index in [4.69, 9.17) is 25.8 Å². The highest BCUT2D eigenvalue weighted by atomic mass is 35.5. The van der Waals surface area contributed by atoms with E-state index in [2.05, 4.69) is 15.3 Å². The van der Waals surface area contributed by atoms with Crippen molar-refractivity contribution in [1.82, 2.24) is 9.97 Å². The zero-order valence-electron chi connectivity index (χ0n) is 11.3. The Labute approximate surface area is 121 Å². The molecule has 0 spiro atoms. The summed E-state index contributed by atoms with van der Waals surface area (Å²) in [5.41, 5.74) is 0.731. The molecule has 20 heavy (non-hydrogen) atoms. The van der Waals surface area contributed by atoms with Gasteiger partial charge < -0.3 is 19.5 Å². The molecule has 0 saturated carbocycles. The SMILES string of the molecule is COc1cc(Nc2ncnc(Cl)c2OC)cc(OC)c1. The third-order valence-corrected chi connectivity index (χ3v) is 2.85. The Morgan fingerprint density at radius 1 is 0.950 bits per heavy atom. The van der Waals surface area contributed by atoms with Crippen molar-refractivity contribution >= 4 is 23.1 Å². The summed E-state index contributed by atoms with van der Waals surface area (Å²) in [7, 11) is 4.67. The van der Waals surface area contributed by atoms with Crippen LogP contribution in [-0.4, -0.2) is 31.3 Å². The van der Waals surface area contributed by atoms with Gasteiger partial charge >= 0.3 is 0 Å². The molecular weight excluding hydrogens is 282 g/mol. The van der Waals surface area contributed by atoms with Gasteiger partial charge in [0.25, 0.3) is 0 Å². The minimum absolute atomic E-state index is 0.236. The molecule has 1 N–H and O–H groups in total. The second kappa shape index (κ2) is 6.29. The molecule has 0 unspecified atom stereocenters. The number of nitrogens with zero attached hydrogens (tertiary/aromatic N) is 2. The molecule has 106 valence electrons. The van der Waals surface area contributed by atoms with E-state index in [1.165, 1.54) is 13.4 Å². The average molecular weight is 296 g/mol. The number of hydrogen-bond acceptors (Lipinski definition) is 6. The Balaban J connectivity index is 2.37. The molecule has 1 aromatic carbocycles. The maximum atomic E-state index is 5.95. The van der Waals surface area contributed by atoms with Gasteiger partial charge in [0.15, 0.2) is 16.7 Å². The van der Waals surface area contributed by atoms with E-state index in [9.17, 15) is 0 Å². The van der Waals surface area contributed by atoms with Crippen molar-refractivity contribution in [2.75, 3.05) is 26.6 Å². The van der Waals surface area contributed by atoms with Gasteiger partial charge in [-0.15, -0.1) is 0 Å². The molecule has 0 amide bonds. The molecule has 0 aliphatic heterocycles. The highest BCUT2D eigenvalue weighted by Crippen LogP contribution is 2.33. The van der Waals surface area contributed by atoms with Crippen LogP contribution in [0.1, 0.15) is 0 Å². The van der Waals surface area contributed by atoms with Gasteiger partial charge in [0.05, 0.1) is 21.3 Å². The van der Waals surface area contributed by atoms with Crippen LogP contribution in [0.3, 0.4) is 0 Å². The number of anilines is 2. The molecule has 0 aliphatic rings. The third-order valence-electron chi connectivity index (χ3n) is 2.58. The van der Waals surface area contributed by atoms with E-state index in [1.807, 2.05) is 0 Å². The number of aromatic nitrogens is 2. The lowest BCUT2D eigenvalue weighted by Crippen LogP contribution is -2.00. The highest BCUT2D eigenvalue weighted by molar-refractivity contribution is 6.31. The van der Waals surface area contributed by atoms with Crippen LogP contribution >= 0.6 is 11.6 Å². The summed E-state index contributed by atoms with van der Waals surface area (Å²) < 4.78 is 15.6. The van der Waals surface area contributed by atoms with E-state index >= 15 is 0 Å². The Kier molecular flexibility index (Phi) is 4.47. The van der Waals surface area contributed by atoms with E-state index < -0.39 is 0 Å². The first-order valence-corrected chi connectivity index (χ1v) is 6.10. The van der Waals surface area contributed by atoms with E-state index in [1.54, 1.807) is 32.4 Å². The summed E-state index contributed by atoms with van der Waals surface area (Å²) in [5.74, 6) is 2.15. The second-order valence-electron chi connectivity index (χ2n) is 3.77. The number of halogens is 1. The monoisotopic (exact) mass is 295 g/mol. The largest absolute Gasteiger partial charge is 0.497 e. The quantitative estimate of drug-likeness (QED) is 0.856. The normalized spacial score (nSPS) is 10.0. The van der Waals surface area contributed by atoms with Gasteiger partial charge in [-0.25, -0.2) is 9.97 Å². The van der Waals surface area contributed by atoms with Gasteiger partial charge in [-0.2, -0.15) is 0 Å². The van der Waals surface area contributed by atoms with Gasteiger partial charge in [0.2, 0.25) is 0 Å². The lowest BCUT2D eigenvalue weighted by Gasteiger charge is -2.12. The van der Waals surface area contributed by atoms with Crippen molar-refractivity contribution in [2.24, 2.45) is 0 Å². The number of ether oxygens (including phenoxy) is 3. The predicted molar refractivity (Wildman–Crippen MR) is 76.4 cm³/mol. The number of hydrogen-bond donors (Lipinski definition) is 1. The molecular formula is C13H14ClN3O3. The molecule has 0 fully saturated rings. The van der Waals surface area contributed by atoms with Crippen molar-refractivity contribution in [3.63, 3.8) is 0 Å². The summed E-state index contributed by atoms with van der Waals surface area (Å²) in [5, 5.41) is 3.33. The van der Waals surface area contributed by atoms with Gasteiger partial charge in [0, 0.05) is 23.9 Å². The van der Waals surface area contributed by atoms with Crippen LogP contribution in [0.4, 0.5) is 11.5 Å². The fourth-order valence-electron chi connectivity index (χ4n) is 1.64. The Bertz CT molecular complexity index is 585. The first kappa shape index (κ1) is 14.2. The average Bonchev–Trinajstić information content (AvgIpc) is 2.47. The van der Waals surface area contributed by atoms with Crippen molar-refractivity contribution in [3.05, 3.63) is 29.7 Å². The number of rotatable bonds is 5. The maximum Gasteiger partial charge on any atom is 0.199 e. The lowest BCUT2D eigenvalue weighted by molar-refractivity contribution is 0.394. The van der Waals surface area contributed by atoms with E-state index in [0.717, 1.165) is 5.69 Å².